The fourth-order valence-corrected chi connectivity index (χ4v) is 2.55. The van der Waals surface area contributed by atoms with Gasteiger partial charge in [0.05, 0.1) is 6.10 Å². The lowest BCUT2D eigenvalue weighted by Gasteiger charge is -2.22. The van der Waals surface area contributed by atoms with Gasteiger partial charge in [-0.15, -0.1) is 0 Å². The van der Waals surface area contributed by atoms with Gasteiger partial charge in [-0.25, -0.2) is 0 Å². The van der Waals surface area contributed by atoms with Gasteiger partial charge in [-0.3, -0.25) is 9.78 Å². The fourth-order valence-electron chi connectivity index (χ4n) is 2.55. The highest BCUT2D eigenvalue weighted by molar-refractivity contribution is 5.32. The summed E-state index contributed by atoms with van der Waals surface area (Å²) in [5, 5.41) is 9.20. The van der Waals surface area contributed by atoms with Crippen molar-refractivity contribution in [3.63, 3.8) is 0 Å². The molecule has 0 atom stereocenters. The van der Waals surface area contributed by atoms with E-state index >= 15 is 0 Å². The topological polar surface area (TPSA) is 47.9 Å². The molecule has 2 aromatic carbocycles. The van der Waals surface area contributed by atoms with Crippen LogP contribution in [0.3, 0.4) is 0 Å². The second kappa shape index (κ2) is 7.07. The van der Waals surface area contributed by atoms with E-state index in [0.29, 0.717) is 17.6 Å². The highest BCUT2D eigenvalue weighted by Crippen LogP contribution is 2.25. The van der Waals surface area contributed by atoms with Crippen LogP contribution < -0.4 is 14.5 Å². The van der Waals surface area contributed by atoms with Crippen LogP contribution in [0.4, 0.5) is 0 Å². The van der Waals surface area contributed by atoms with Gasteiger partial charge in [-0.1, -0.05) is 6.42 Å². The Morgan fingerprint density at radius 2 is 1.18 bits per heavy atom. The highest BCUT2D eigenvalue weighted by atomic mass is 17.2. The lowest BCUT2D eigenvalue weighted by Crippen LogP contribution is -2.19. The van der Waals surface area contributed by atoms with Gasteiger partial charge in [0.1, 0.15) is 11.5 Å². The predicted octanol–water partition coefficient (Wildman–Crippen LogP) is 4.48. The van der Waals surface area contributed by atoms with Crippen molar-refractivity contribution in [2.75, 3.05) is 0 Å². The number of ether oxygens (including phenoxy) is 1. The van der Waals surface area contributed by atoms with Crippen molar-refractivity contribution < 1.29 is 19.6 Å². The Labute approximate surface area is 130 Å². The molecular weight excluding hydrogens is 280 g/mol. The zero-order valence-corrected chi connectivity index (χ0v) is 12.4. The molecule has 1 fully saturated rings. The summed E-state index contributed by atoms with van der Waals surface area (Å²) >= 11 is 0. The van der Waals surface area contributed by atoms with Crippen LogP contribution in [0.25, 0.3) is 0 Å². The molecule has 0 bridgehead atoms. The maximum absolute atomic E-state index is 9.20. The first kappa shape index (κ1) is 14.6. The van der Waals surface area contributed by atoms with E-state index in [2.05, 4.69) is 0 Å². The second-order valence-electron chi connectivity index (χ2n) is 5.51. The molecular formula is C18H20O4. The zero-order valence-electron chi connectivity index (χ0n) is 12.4. The van der Waals surface area contributed by atoms with Gasteiger partial charge in [0.15, 0.2) is 11.5 Å². The van der Waals surface area contributed by atoms with Crippen LogP contribution in [-0.4, -0.2) is 11.2 Å². The molecule has 2 aromatic rings. The Hall–Kier alpha value is -2.36. The second-order valence-corrected chi connectivity index (χ2v) is 5.51. The van der Waals surface area contributed by atoms with Gasteiger partial charge in [-0.2, -0.15) is 0 Å². The number of phenols is 1. The average molecular weight is 300 g/mol. The van der Waals surface area contributed by atoms with Gasteiger partial charge in [-0.05, 0) is 74.2 Å². The molecule has 1 aliphatic carbocycles. The smallest absolute Gasteiger partial charge is 0.178 e. The Bertz CT molecular complexity index is 571. The summed E-state index contributed by atoms with van der Waals surface area (Å²) in [6, 6.07) is 13.8. The average Bonchev–Trinajstić information content (AvgIpc) is 2.57. The molecule has 22 heavy (non-hydrogen) atoms. The van der Waals surface area contributed by atoms with Gasteiger partial charge in [0.25, 0.3) is 0 Å². The van der Waals surface area contributed by atoms with Crippen LogP contribution in [0, 0.1) is 0 Å². The molecule has 1 aliphatic rings. The van der Waals surface area contributed by atoms with Crippen molar-refractivity contribution in [2.45, 2.75) is 38.2 Å². The third-order valence-electron chi connectivity index (χ3n) is 3.75. The molecule has 3 rings (SSSR count). The fraction of sp³-hybridized carbons (Fsp3) is 0.333. The maximum atomic E-state index is 9.20. The van der Waals surface area contributed by atoms with Crippen molar-refractivity contribution >= 4 is 0 Å². The summed E-state index contributed by atoms with van der Waals surface area (Å²) in [4.78, 5) is 10.4. The number of hydrogen-bond acceptors (Lipinski definition) is 4. The van der Waals surface area contributed by atoms with Crippen LogP contribution in [0.15, 0.2) is 48.5 Å². The maximum Gasteiger partial charge on any atom is 0.178 e. The molecule has 0 aromatic heterocycles. The minimum Gasteiger partial charge on any atom is -0.508 e. The summed E-state index contributed by atoms with van der Waals surface area (Å²) in [5.41, 5.74) is 0. The van der Waals surface area contributed by atoms with Crippen molar-refractivity contribution in [1.29, 1.82) is 0 Å². The van der Waals surface area contributed by atoms with E-state index < -0.39 is 0 Å². The van der Waals surface area contributed by atoms with E-state index in [9.17, 15) is 5.11 Å². The molecule has 0 unspecified atom stereocenters. The Kier molecular flexibility index (Phi) is 4.68. The molecule has 0 saturated heterocycles. The van der Waals surface area contributed by atoms with E-state index in [1.807, 2.05) is 24.3 Å². The third-order valence-corrected chi connectivity index (χ3v) is 3.75. The molecule has 1 N–H and O–H groups in total. The first-order chi connectivity index (χ1) is 10.8. The summed E-state index contributed by atoms with van der Waals surface area (Å²) < 4.78 is 5.96. The summed E-state index contributed by atoms with van der Waals surface area (Å²) in [6.45, 7) is 0. The normalized spacial score (nSPS) is 15.3. The van der Waals surface area contributed by atoms with E-state index in [1.54, 1.807) is 24.3 Å². The van der Waals surface area contributed by atoms with Crippen LogP contribution in [0.2, 0.25) is 0 Å². The van der Waals surface area contributed by atoms with E-state index in [4.69, 9.17) is 14.5 Å². The molecule has 0 heterocycles. The van der Waals surface area contributed by atoms with Crippen LogP contribution in [0.5, 0.6) is 23.0 Å². The Balaban J connectivity index is 1.51. The number of phenolic OH excluding ortho intramolecular Hbond substituents is 1. The quantitative estimate of drug-likeness (QED) is 0.653. The molecule has 0 amide bonds. The lowest BCUT2D eigenvalue weighted by atomic mass is 9.98. The third kappa shape index (κ3) is 4.07. The first-order valence-electron chi connectivity index (χ1n) is 7.70. The minimum atomic E-state index is 0.191. The van der Waals surface area contributed by atoms with Gasteiger partial charge < -0.3 is 9.84 Å². The highest BCUT2D eigenvalue weighted by Gasteiger charge is 2.14. The number of rotatable bonds is 5. The van der Waals surface area contributed by atoms with Crippen molar-refractivity contribution in [1.82, 2.24) is 0 Å². The summed E-state index contributed by atoms with van der Waals surface area (Å²) in [6.07, 6.45) is 6.46. The molecule has 0 radical (unpaired) electrons. The first-order valence-corrected chi connectivity index (χ1v) is 7.70. The van der Waals surface area contributed by atoms with Gasteiger partial charge in [0.2, 0.25) is 0 Å². The van der Waals surface area contributed by atoms with Crippen molar-refractivity contribution in [2.24, 2.45) is 0 Å². The summed E-state index contributed by atoms with van der Waals surface area (Å²) in [5.74, 6) is 2.19. The molecule has 4 heteroatoms. The van der Waals surface area contributed by atoms with E-state index in [0.717, 1.165) is 18.6 Å². The van der Waals surface area contributed by atoms with Gasteiger partial charge in [0, 0.05) is 0 Å². The minimum absolute atomic E-state index is 0.191. The van der Waals surface area contributed by atoms with Crippen LogP contribution >= 0.6 is 0 Å². The number of aromatic hydroxyl groups is 1. The molecule has 4 nitrogen and oxygen atoms in total. The summed E-state index contributed by atoms with van der Waals surface area (Å²) in [7, 11) is 0. The number of hydrogen-bond donors (Lipinski definition) is 1. The van der Waals surface area contributed by atoms with Gasteiger partial charge >= 0.3 is 0 Å². The Morgan fingerprint density at radius 1 is 0.682 bits per heavy atom. The largest absolute Gasteiger partial charge is 0.508 e. The molecule has 116 valence electrons. The zero-order chi connectivity index (χ0) is 15.2. The molecule has 0 spiro atoms. The lowest BCUT2D eigenvalue weighted by molar-refractivity contribution is -0.1000. The van der Waals surface area contributed by atoms with Crippen LogP contribution in [0.1, 0.15) is 32.1 Å². The van der Waals surface area contributed by atoms with Crippen LogP contribution in [-0.2, 0) is 0 Å². The Morgan fingerprint density at radius 3 is 1.77 bits per heavy atom. The standard InChI is InChI=1S/C18H20O4/c19-14-6-8-17(9-7-14)21-22-18-12-10-16(11-13-18)20-15-4-2-1-3-5-15/h6-13,15,19H,1-5H2. The molecule has 0 aliphatic heterocycles. The molecule has 1 saturated carbocycles. The monoisotopic (exact) mass is 300 g/mol. The van der Waals surface area contributed by atoms with Crippen molar-refractivity contribution in [3.05, 3.63) is 48.5 Å². The van der Waals surface area contributed by atoms with E-state index in [1.165, 1.54) is 19.3 Å². The number of benzene rings is 2. The SMILES string of the molecule is Oc1ccc(OOc2ccc(OC3CCCCC3)cc2)cc1. The van der Waals surface area contributed by atoms with E-state index in [-0.39, 0.29) is 5.75 Å². The predicted molar refractivity (Wildman–Crippen MR) is 83.3 cm³/mol. The van der Waals surface area contributed by atoms with Crippen molar-refractivity contribution in [3.8, 4) is 23.0 Å².